The van der Waals surface area contributed by atoms with Crippen molar-refractivity contribution in [3.8, 4) is 0 Å². The standard InChI is InChI=1S/C29H34O7Si/c1-27(2,3)37(6,7)33-15-21-25-26(36-28(4,5)35-25)29(34-21)20-13-12-18-22(19(20)14-32-29)24(31)17-11-9-8-10-16(17)23(18)30/h8-13,21,25-26H,14-15H2,1-7H3/t21-,25-,26-,29-/m1/s1. The van der Waals surface area contributed by atoms with E-state index in [1.165, 1.54) is 0 Å². The molecule has 0 aromatic heterocycles. The van der Waals surface area contributed by atoms with Crippen LogP contribution in [0.1, 0.15) is 77.6 Å². The third-order valence-corrected chi connectivity index (χ3v) is 13.1. The Hall–Kier alpha value is -2.20. The summed E-state index contributed by atoms with van der Waals surface area (Å²) in [7, 11) is -2.04. The predicted octanol–water partition coefficient (Wildman–Crippen LogP) is 5.09. The first-order valence-electron chi connectivity index (χ1n) is 12.9. The number of ether oxygens (including phenoxy) is 4. The molecule has 8 heteroatoms. The summed E-state index contributed by atoms with van der Waals surface area (Å²) in [5, 5.41) is 0.0493. The maximum Gasteiger partial charge on any atom is 0.226 e. The normalized spacial score (nSPS) is 29.9. The van der Waals surface area contributed by atoms with Crippen molar-refractivity contribution in [2.24, 2.45) is 0 Å². The van der Waals surface area contributed by atoms with Crippen molar-refractivity contribution >= 4 is 19.9 Å². The van der Waals surface area contributed by atoms with Crippen LogP contribution in [0.3, 0.4) is 0 Å². The van der Waals surface area contributed by atoms with Crippen LogP contribution < -0.4 is 0 Å². The molecule has 2 aromatic carbocycles. The number of hydrogen-bond acceptors (Lipinski definition) is 7. The molecule has 0 saturated carbocycles. The largest absolute Gasteiger partial charge is 0.414 e. The van der Waals surface area contributed by atoms with Gasteiger partial charge in [-0.2, -0.15) is 0 Å². The molecule has 1 spiro atoms. The molecule has 1 aliphatic carbocycles. The monoisotopic (exact) mass is 522 g/mol. The molecule has 0 N–H and O–H groups in total. The van der Waals surface area contributed by atoms with Gasteiger partial charge in [-0.05, 0) is 43.6 Å². The number of carbonyl (C=O) groups is 2. The molecule has 0 amide bonds. The third kappa shape index (κ3) is 3.57. The molecular weight excluding hydrogens is 488 g/mol. The van der Waals surface area contributed by atoms with E-state index in [1.54, 1.807) is 30.3 Å². The number of ketones is 2. The molecule has 7 nitrogen and oxygen atoms in total. The minimum Gasteiger partial charge on any atom is -0.414 e. The van der Waals surface area contributed by atoms with Gasteiger partial charge in [0.25, 0.3) is 0 Å². The zero-order valence-electron chi connectivity index (χ0n) is 22.5. The summed E-state index contributed by atoms with van der Waals surface area (Å²) in [6.45, 7) is 15.3. The average Bonchev–Trinajstić information content (AvgIpc) is 3.45. The van der Waals surface area contributed by atoms with Gasteiger partial charge in [0.1, 0.15) is 18.3 Å². The number of rotatable bonds is 3. The fourth-order valence-corrected chi connectivity index (χ4v) is 6.69. The quantitative estimate of drug-likeness (QED) is 0.444. The average molecular weight is 523 g/mol. The van der Waals surface area contributed by atoms with Gasteiger partial charge in [0.05, 0.1) is 13.2 Å². The van der Waals surface area contributed by atoms with Gasteiger partial charge >= 0.3 is 0 Å². The Morgan fingerprint density at radius 2 is 1.62 bits per heavy atom. The Kier molecular flexibility index (Phi) is 5.36. The van der Waals surface area contributed by atoms with Crippen LogP contribution in [-0.2, 0) is 35.8 Å². The molecule has 2 aromatic rings. The fourth-order valence-electron chi connectivity index (χ4n) is 5.67. The Bertz CT molecular complexity index is 1320. The van der Waals surface area contributed by atoms with E-state index in [1.807, 2.05) is 19.9 Å². The molecule has 4 atom stereocenters. The second kappa shape index (κ2) is 7.91. The summed E-state index contributed by atoms with van der Waals surface area (Å²) in [6, 6.07) is 10.5. The highest BCUT2D eigenvalue weighted by atomic mass is 28.4. The smallest absolute Gasteiger partial charge is 0.226 e. The Balaban J connectivity index is 1.40. The van der Waals surface area contributed by atoms with Gasteiger partial charge in [-0.15, -0.1) is 0 Å². The fraction of sp³-hybridized carbons (Fsp3) is 0.517. The number of fused-ring (bicyclic) bond motifs is 7. The molecule has 37 heavy (non-hydrogen) atoms. The van der Waals surface area contributed by atoms with E-state index in [9.17, 15) is 9.59 Å². The van der Waals surface area contributed by atoms with Crippen molar-refractivity contribution in [3.63, 3.8) is 0 Å². The van der Waals surface area contributed by atoms with E-state index >= 15 is 0 Å². The van der Waals surface area contributed by atoms with Gasteiger partial charge in [-0.1, -0.05) is 51.1 Å². The number of hydrogen-bond donors (Lipinski definition) is 0. The molecular formula is C29H34O7Si. The van der Waals surface area contributed by atoms with Crippen molar-refractivity contribution in [1.29, 1.82) is 0 Å². The van der Waals surface area contributed by atoms with Crippen LogP contribution in [0.15, 0.2) is 36.4 Å². The van der Waals surface area contributed by atoms with Crippen LogP contribution in [0.2, 0.25) is 18.1 Å². The molecule has 4 aliphatic rings. The van der Waals surface area contributed by atoms with E-state index in [0.717, 1.165) is 5.56 Å². The zero-order valence-corrected chi connectivity index (χ0v) is 23.5. The molecule has 2 saturated heterocycles. The summed E-state index contributed by atoms with van der Waals surface area (Å²) in [5.74, 6) is -2.39. The highest BCUT2D eigenvalue weighted by Crippen LogP contribution is 2.55. The number of benzene rings is 2. The summed E-state index contributed by atoms with van der Waals surface area (Å²) in [5.41, 5.74) is 3.06. The van der Waals surface area contributed by atoms with E-state index in [0.29, 0.717) is 34.4 Å². The summed E-state index contributed by atoms with van der Waals surface area (Å²) < 4.78 is 32.3. The van der Waals surface area contributed by atoms with Crippen LogP contribution >= 0.6 is 0 Å². The van der Waals surface area contributed by atoms with Gasteiger partial charge in [0, 0.05) is 27.8 Å². The minimum atomic E-state index is -2.04. The molecule has 3 aliphatic heterocycles. The molecule has 3 heterocycles. The van der Waals surface area contributed by atoms with E-state index in [2.05, 4.69) is 33.9 Å². The van der Waals surface area contributed by atoms with Crippen molar-refractivity contribution < 1.29 is 33.0 Å². The summed E-state index contributed by atoms with van der Waals surface area (Å²) >= 11 is 0. The van der Waals surface area contributed by atoms with Gasteiger partial charge in [-0.3, -0.25) is 9.59 Å². The molecule has 0 radical (unpaired) electrons. The molecule has 2 fully saturated rings. The van der Waals surface area contributed by atoms with Crippen LogP contribution in [0.25, 0.3) is 0 Å². The third-order valence-electron chi connectivity index (χ3n) is 8.62. The number of carbonyl (C=O) groups excluding carboxylic acids is 2. The van der Waals surface area contributed by atoms with E-state index < -0.39 is 38.2 Å². The van der Waals surface area contributed by atoms with Gasteiger partial charge in [0.2, 0.25) is 5.79 Å². The van der Waals surface area contributed by atoms with Gasteiger partial charge in [-0.25, -0.2) is 0 Å². The maximum absolute atomic E-state index is 13.6. The zero-order chi connectivity index (χ0) is 26.5. The first kappa shape index (κ1) is 25.1. The molecule has 6 rings (SSSR count). The molecule has 196 valence electrons. The van der Waals surface area contributed by atoms with Crippen molar-refractivity contribution in [1.82, 2.24) is 0 Å². The Morgan fingerprint density at radius 1 is 0.946 bits per heavy atom. The first-order chi connectivity index (χ1) is 17.3. The lowest BCUT2D eigenvalue weighted by molar-refractivity contribution is -0.297. The molecule has 0 bridgehead atoms. The summed E-state index contributed by atoms with van der Waals surface area (Å²) in [6.07, 6.45) is -1.36. The van der Waals surface area contributed by atoms with Crippen molar-refractivity contribution in [2.45, 2.75) is 89.2 Å². The van der Waals surface area contributed by atoms with Gasteiger partial charge < -0.3 is 23.4 Å². The SMILES string of the molecule is CC1(C)O[C@H]2[C@@H](O1)[C@]1(OCc3c1ccc1c3C(=O)c3ccccc3C1=O)O[C@@H]2CO[Si](C)(C)C(C)(C)C. The van der Waals surface area contributed by atoms with Crippen LogP contribution in [0.5, 0.6) is 0 Å². The Morgan fingerprint density at radius 3 is 2.30 bits per heavy atom. The van der Waals surface area contributed by atoms with Crippen molar-refractivity contribution in [2.75, 3.05) is 6.61 Å². The molecule has 0 unspecified atom stereocenters. The summed E-state index contributed by atoms with van der Waals surface area (Å²) in [4.78, 5) is 26.9. The highest BCUT2D eigenvalue weighted by molar-refractivity contribution is 6.74. The highest BCUT2D eigenvalue weighted by Gasteiger charge is 2.67. The van der Waals surface area contributed by atoms with Crippen LogP contribution in [0.4, 0.5) is 0 Å². The lowest BCUT2D eigenvalue weighted by Crippen LogP contribution is -2.44. The van der Waals surface area contributed by atoms with Crippen molar-refractivity contribution in [3.05, 3.63) is 69.8 Å². The topological polar surface area (TPSA) is 80.3 Å². The Labute approximate surface area is 218 Å². The van der Waals surface area contributed by atoms with Crippen LogP contribution in [0, 0.1) is 0 Å². The lowest BCUT2D eigenvalue weighted by atomic mass is 9.80. The minimum absolute atomic E-state index is 0.0493. The maximum atomic E-state index is 13.6. The second-order valence-corrected chi connectivity index (χ2v) is 17.2. The second-order valence-electron chi connectivity index (χ2n) is 12.4. The van der Waals surface area contributed by atoms with E-state index in [-0.39, 0.29) is 23.2 Å². The first-order valence-corrected chi connectivity index (χ1v) is 15.8. The van der Waals surface area contributed by atoms with Crippen LogP contribution in [-0.4, -0.2) is 50.6 Å². The predicted molar refractivity (Wildman–Crippen MR) is 138 cm³/mol. The lowest BCUT2D eigenvalue weighted by Gasteiger charge is -2.37. The van der Waals surface area contributed by atoms with Gasteiger partial charge in [0.15, 0.2) is 25.7 Å². The van der Waals surface area contributed by atoms with E-state index in [4.69, 9.17) is 23.4 Å².